The Balaban J connectivity index is 2.18. The van der Waals surface area contributed by atoms with E-state index >= 15 is 0 Å². The van der Waals surface area contributed by atoms with Crippen LogP contribution in [-0.2, 0) is 18.3 Å². The lowest BCUT2D eigenvalue weighted by Crippen LogP contribution is -2.04. The summed E-state index contributed by atoms with van der Waals surface area (Å²) in [5.74, 6) is -1.32. The number of fused-ring (bicyclic) bond motifs is 1. The molecule has 0 radical (unpaired) electrons. The van der Waals surface area contributed by atoms with E-state index in [-0.39, 0.29) is 17.3 Å². The zero-order valence-corrected chi connectivity index (χ0v) is 11.3. The van der Waals surface area contributed by atoms with Crippen molar-refractivity contribution in [1.29, 1.82) is 0 Å². The second-order valence-electron chi connectivity index (χ2n) is 4.55. The molecule has 0 amide bonds. The molecule has 22 heavy (non-hydrogen) atoms. The Labute approximate surface area is 122 Å². The van der Waals surface area contributed by atoms with Crippen molar-refractivity contribution in [2.75, 3.05) is 0 Å². The van der Waals surface area contributed by atoms with Crippen LogP contribution in [0.1, 0.15) is 17.9 Å². The fourth-order valence-electron chi connectivity index (χ4n) is 1.98. The molecule has 114 valence electrons. The van der Waals surface area contributed by atoms with Crippen molar-refractivity contribution in [3.8, 4) is 11.4 Å². The number of aromatic nitrogens is 6. The molecule has 0 saturated heterocycles. The number of carboxylic acid groups (broad SMARTS) is 1. The largest absolute Gasteiger partial charge is 0.481 e. The van der Waals surface area contributed by atoms with Crippen LogP contribution in [0.15, 0.2) is 18.3 Å². The standard InChI is InChI=1S/C12H10F2N6O2/c1-19-3-2-6(17-19)7-4-8(11(13)14)20-12(15-7)16-9(18-20)5-10(21)22/h2-4,11H,5H2,1H3,(H,21,22). The molecule has 8 nitrogen and oxygen atoms in total. The zero-order chi connectivity index (χ0) is 15.9. The van der Waals surface area contributed by atoms with Crippen molar-refractivity contribution in [3.63, 3.8) is 0 Å². The summed E-state index contributed by atoms with van der Waals surface area (Å²) in [6, 6.07) is 2.79. The minimum absolute atomic E-state index is 0.0833. The van der Waals surface area contributed by atoms with Crippen molar-refractivity contribution >= 4 is 11.7 Å². The van der Waals surface area contributed by atoms with Crippen LogP contribution >= 0.6 is 0 Å². The molecule has 0 atom stereocenters. The highest BCUT2D eigenvalue weighted by atomic mass is 19.3. The topological polar surface area (TPSA) is 98.2 Å². The Hall–Kier alpha value is -2.91. The molecule has 1 N–H and O–H groups in total. The van der Waals surface area contributed by atoms with E-state index in [1.165, 1.54) is 10.7 Å². The van der Waals surface area contributed by atoms with Crippen molar-refractivity contribution in [3.05, 3.63) is 29.8 Å². The second kappa shape index (κ2) is 5.13. The van der Waals surface area contributed by atoms with Gasteiger partial charge in [-0.2, -0.15) is 14.6 Å². The third-order valence-electron chi connectivity index (χ3n) is 2.89. The van der Waals surface area contributed by atoms with E-state index in [4.69, 9.17) is 5.11 Å². The fourth-order valence-corrected chi connectivity index (χ4v) is 1.98. The first-order valence-corrected chi connectivity index (χ1v) is 6.20. The number of carbonyl (C=O) groups is 1. The molecule has 3 aromatic heterocycles. The lowest BCUT2D eigenvalue weighted by molar-refractivity contribution is -0.136. The SMILES string of the molecule is Cn1ccc(-c2cc(C(F)F)n3nc(CC(=O)O)nc3n2)n1. The number of alkyl halides is 2. The molecule has 0 unspecified atom stereocenters. The van der Waals surface area contributed by atoms with Gasteiger partial charge in [-0.3, -0.25) is 9.48 Å². The maximum Gasteiger partial charge on any atom is 0.311 e. The number of rotatable bonds is 4. The third-order valence-corrected chi connectivity index (χ3v) is 2.89. The quantitative estimate of drug-likeness (QED) is 0.774. The monoisotopic (exact) mass is 308 g/mol. The van der Waals surface area contributed by atoms with Crippen molar-refractivity contribution in [2.45, 2.75) is 12.8 Å². The molecule has 3 heterocycles. The average molecular weight is 308 g/mol. The van der Waals surface area contributed by atoms with Crippen LogP contribution in [0.2, 0.25) is 0 Å². The molecule has 0 saturated carbocycles. The van der Waals surface area contributed by atoms with Crippen LogP contribution in [0.25, 0.3) is 17.2 Å². The molecule has 0 aliphatic heterocycles. The highest BCUT2D eigenvalue weighted by Gasteiger charge is 2.20. The lowest BCUT2D eigenvalue weighted by atomic mass is 10.2. The van der Waals surface area contributed by atoms with Crippen LogP contribution in [0.4, 0.5) is 8.78 Å². The first-order chi connectivity index (χ1) is 10.4. The highest BCUT2D eigenvalue weighted by molar-refractivity contribution is 5.69. The van der Waals surface area contributed by atoms with Crippen molar-refractivity contribution in [1.82, 2.24) is 29.4 Å². The number of carboxylic acids is 1. The van der Waals surface area contributed by atoms with Gasteiger partial charge < -0.3 is 5.11 Å². The highest BCUT2D eigenvalue weighted by Crippen LogP contribution is 2.24. The Bertz CT molecular complexity index is 857. The number of nitrogens with zero attached hydrogens (tertiary/aromatic N) is 6. The number of hydrogen-bond acceptors (Lipinski definition) is 5. The fraction of sp³-hybridized carbons (Fsp3) is 0.250. The number of aliphatic carboxylic acids is 1. The molecule has 0 aliphatic carbocycles. The van der Waals surface area contributed by atoms with Crippen LogP contribution < -0.4 is 0 Å². The zero-order valence-electron chi connectivity index (χ0n) is 11.3. The van der Waals surface area contributed by atoms with Gasteiger partial charge in [-0.1, -0.05) is 0 Å². The van der Waals surface area contributed by atoms with Gasteiger partial charge >= 0.3 is 5.97 Å². The Morgan fingerprint density at radius 2 is 2.09 bits per heavy atom. The summed E-state index contributed by atoms with van der Waals surface area (Å²) in [7, 11) is 1.69. The van der Waals surface area contributed by atoms with Gasteiger partial charge in [0.2, 0.25) is 0 Å². The summed E-state index contributed by atoms with van der Waals surface area (Å²) in [6.07, 6.45) is -1.62. The van der Waals surface area contributed by atoms with Gasteiger partial charge in [-0.25, -0.2) is 13.8 Å². The summed E-state index contributed by atoms with van der Waals surface area (Å²) in [6.45, 7) is 0. The van der Waals surface area contributed by atoms with Crippen molar-refractivity contribution < 1.29 is 18.7 Å². The molecule has 3 aromatic rings. The molecule has 0 aromatic carbocycles. The summed E-state index contributed by atoms with van der Waals surface area (Å²) in [4.78, 5) is 18.7. The Morgan fingerprint density at radius 1 is 1.32 bits per heavy atom. The normalized spacial score (nSPS) is 11.5. The van der Waals surface area contributed by atoms with Gasteiger partial charge in [-0.05, 0) is 12.1 Å². The predicted molar refractivity (Wildman–Crippen MR) is 69.3 cm³/mol. The minimum Gasteiger partial charge on any atom is -0.481 e. The van der Waals surface area contributed by atoms with Gasteiger partial charge in [0.05, 0.1) is 5.69 Å². The van der Waals surface area contributed by atoms with Crippen LogP contribution in [0, 0.1) is 0 Å². The summed E-state index contributed by atoms with van der Waals surface area (Å²) in [5.41, 5.74) is 0.210. The predicted octanol–water partition coefficient (Wildman–Crippen LogP) is 1.09. The maximum atomic E-state index is 13.2. The smallest absolute Gasteiger partial charge is 0.311 e. The van der Waals surface area contributed by atoms with Gasteiger partial charge in [0.25, 0.3) is 12.2 Å². The first-order valence-electron chi connectivity index (χ1n) is 6.20. The summed E-state index contributed by atoms with van der Waals surface area (Å²) < 4.78 is 28.8. The van der Waals surface area contributed by atoms with Crippen LogP contribution in [0.3, 0.4) is 0 Å². The van der Waals surface area contributed by atoms with E-state index in [9.17, 15) is 13.6 Å². The van der Waals surface area contributed by atoms with Gasteiger partial charge in [-0.15, -0.1) is 5.10 Å². The van der Waals surface area contributed by atoms with Gasteiger partial charge in [0.1, 0.15) is 17.8 Å². The molecular weight excluding hydrogens is 298 g/mol. The number of hydrogen-bond donors (Lipinski definition) is 1. The van der Waals surface area contributed by atoms with Crippen LogP contribution in [-0.4, -0.2) is 40.4 Å². The van der Waals surface area contributed by atoms with Gasteiger partial charge in [0, 0.05) is 13.2 Å². The van der Waals surface area contributed by atoms with E-state index in [1.807, 2.05) is 0 Å². The first kappa shape index (κ1) is 14.0. The molecule has 0 spiro atoms. The molecule has 0 fully saturated rings. The lowest BCUT2D eigenvalue weighted by Gasteiger charge is -2.04. The van der Waals surface area contributed by atoms with E-state index < -0.39 is 24.5 Å². The summed E-state index contributed by atoms with van der Waals surface area (Å²) >= 11 is 0. The molecule has 0 bridgehead atoms. The minimum atomic E-state index is -2.81. The maximum absolute atomic E-state index is 13.2. The van der Waals surface area contributed by atoms with Crippen LogP contribution in [0.5, 0.6) is 0 Å². The number of aryl methyl sites for hydroxylation is 1. The Kier molecular flexibility index (Phi) is 3.28. The second-order valence-corrected chi connectivity index (χ2v) is 4.55. The average Bonchev–Trinajstić information content (AvgIpc) is 3.01. The molecule has 3 rings (SSSR count). The van der Waals surface area contributed by atoms with E-state index in [1.54, 1.807) is 19.3 Å². The number of halogens is 2. The molecular formula is C12H10F2N6O2. The van der Waals surface area contributed by atoms with E-state index in [0.29, 0.717) is 5.69 Å². The molecule has 0 aliphatic rings. The van der Waals surface area contributed by atoms with E-state index in [2.05, 4.69) is 20.2 Å². The Morgan fingerprint density at radius 3 is 2.68 bits per heavy atom. The van der Waals surface area contributed by atoms with E-state index in [0.717, 1.165) is 4.52 Å². The van der Waals surface area contributed by atoms with Crippen molar-refractivity contribution in [2.24, 2.45) is 7.05 Å². The third kappa shape index (κ3) is 2.50. The van der Waals surface area contributed by atoms with Gasteiger partial charge in [0.15, 0.2) is 5.82 Å². The molecule has 10 heteroatoms. The summed E-state index contributed by atoms with van der Waals surface area (Å²) in [5, 5.41) is 16.6.